The number of hydrogen-bond acceptors (Lipinski definition) is 6. The van der Waals surface area contributed by atoms with Crippen LogP contribution in [0.5, 0.6) is 6.01 Å². The maximum absolute atomic E-state index is 5.47. The lowest BCUT2D eigenvalue weighted by atomic mass is 10.2. The van der Waals surface area contributed by atoms with Crippen LogP contribution in [-0.4, -0.2) is 28.6 Å². The van der Waals surface area contributed by atoms with Gasteiger partial charge in [-0.1, -0.05) is 22.9 Å². The Morgan fingerprint density at radius 1 is 1.14 bits per heavy atom. The van der Waals surface area contributed by atoms with Gasteiger partial charge in [-0.2, -0.15) is 15.0 Å². The second kappa shape index (κ2) is 7.21. The second-order valence-corrected chi connectivity index (χ2v) is 5.42. The van der Waals surface area contributed by atoms with E-state index in [0.717, 1.165) is 22.1 Å². The molecule has 0 fully saturated rings. The van der Waals surface area contributed by atoms with Crippen molar-refractivity contribution in [3.8, 4) is 6.01 Å². The highest BCUT2D eigenvalue weighted by molar-refractivity contribution is 9.10. The number of nitrogens with one attached hydrogen (secondary N) is 2. The van der Waals surface area contributed by atoms with Crippen molar-refractivity contribution < 1.29 is 4.74 Å². The summed E-state index contributed by atoms with van der Waals surface area (Å²) in [4.78, 5) is 12.7. The summed E-state index contributed by atoms with van der Waals surface area (Å²) < 4.78 is 6.47. The van der Waals surface area contributed by atoms with Crippen LogP contribution in [0.25, 0.3) is 0 Å². The number of rotatable bonds is 6. The van der Waals surface area contributed by atoms with Crippen LogP contribution in [0.4, 0.5) is 17.6 Å². The number of aromatic nitrogens is 3. The number of halogens is 1. The van der Waals surface area contributed by atoms with E-state index in [1.54, 1.807) is 7.05 Å². The molecule has 0 saturated heterocycles. The summed E-state index contributed by atoms with van der Waals surface area (Å²) in [5, 5.41) is 6.07. The zero-order valence-corrected chi connectivity index (χ0v) is 13.9. The van der Waals surface area contributed by atoms with Gasteiger partial charge in [0.1, 0.15) is 0 Å². The molecule has 1 heterocycles. The van der Waals surface area contributed by atoms with Crippen molar-refractivity contribution in [1.82, 2.24) is 15.0 Å². The molecule has 0 spiro atoms. The van der Waals surface area contributed by atoms with Gasteiger partial charge in [0.05, 0.1) is 6.61 Å². The van der Waals surface area contributed by atoms with Crippen molar-refractivity contribution in [2.24, 2.45) is 0 Å². The lowest BCUT2D eigenvalue weighted by molar-refractivity contribution is 0.292. The molecule has 0 aliphatic heterocycles. The minimum absolute atomic E-state index is 0.311. The summed E-state index contributed by atoms with van der Waals surface area (Å²) in [6, 6.07) is 6.32. The Kier molecular flexibility index (Phi) is 5.32. The molecule has 6 nitrogen and oxygen atoms in total. The van der Waals surface area contributed by atoms with Gasteiger partial charge >= 0.3 is 6.01 Å². The molecular formula is C14H18BrN5O. The number of ether oxygens (including phenoxy) is 1. The molecule has 1 aromatic carbocycles. The molecule has 0 aliphatic rings. The summed E-state index contributed by atoms with van der Waals surface area (Å²) in [5.74, 6) is 0.906. The van der Waals surface area contributed by atoms with Gasteiger partial charge in [-0.05, 0) is 37.1 Å². The van der Waals surface area contributed by atoms with Crippen molar-refractivity contribution >= 4 is 33.5 Å². The molecule has 2 rings (SSSR count). The van der Waals surface area contributed by atoms with E-state index in [-0.39, 0.29) is 0 Å². The van der Waals surface area contributed by atoms with Crippen LogP contribution in [0, 0.1) is 6.92 Å². The monoisotopic (exact) mass is 351 g/mol. The van der Waals surface area contributed by atoms with E-state index in [2.05, 4.69) is 41.5 Å². The Bertz CT molecular complexity index is 600. The molecule has 2 N–H and O–H groups in total. The van der Waals surface area contributed by atoms with E-state index in [4.69, 9.17) is 4.74 Å². The third kappa shape index (κ3) is 4.56. The molecule has 0 saturated carbocycles. The molecule has 0 atom stereocenters. The largest absolute Gasteiger partial charge is 0.463 e. The average molecular weight is 352 g/mol. The van der Waals surface area contributed by atoms with Crippen LogP contribution in [0.2, 0.25) is 0 Å². The van der Waals surface area contributed by atoms with Crippen LogP contribution in [0.15, 0.2) is 22.7 Å². The number of aryl methyl sites for hydroxylation is 1. The van der Waals surface area contributed by atoms with Gasteiger partial charge < -0.3 is 15.4 Å². The number of anilines is 3. The summed E-state index contributed by atoms with van der Waals surface area (Å²) in [5.41, 5.74) is 2.04. The molecule has 2 aromatic rings. The van der Waals surface area contributed by atoms with Gasteiger partial charge in [-0.3, -0.25) is 0 Å². The number of hydrogen-bond donors (Lipinski definition) is 2. The van der Waals surface area contributed by atoms with Crippen LogP contribution in [-0.2, 0) is 0 Å². The standard InChI is InChI=1S/C14H18BrN5O/c1-4-5-21-14-19-12(16-3)18-13(20-14)17-11-7-9(2)6-10(15)8-11/h6-8H,4-5H2,1-3H3,(H2,16,17,18,19,20). The van der Waals surface area contributed by atoms with Crippen molar-refractivity contribution in [2.45, 2.75) is 20.3 Å². The maximum atomic E-state index is 5.47. The fraction of sp³-hybridized carbons (Fsp3) is 0.357. The topological polar surface area (TPSA) is 72.0 Å². The summed E-state index contributed by atoms with van der Waals surface area (Å²) in [7, 11) is 1.76. The van der Waals surface area contributed by atoms with E-state index < -0.39 is 0 Å². The van der Waals surface area contributed by atoms with Crippen LogP contribution < -0.4 is 15.4 Å². The highest BCUT2D eigenvalue weighted by atomic mass is 79.9. The molecule has 0 unspecified atom stereocenters. The SMILES string of the molecule is CCCOc1nc(NC)nc(Nc2cc(C)cc(Br)c2)n1. The Labute approximate surface area is 132 Å². The van der Waals surface area contributed by atoms with E-state index in [1.165, 1.54) is 0 Å². The van der Waals surface area contributed by atoms with E-state index in [0.29, 0.717) is 24.5 Å². The molecule has 0 amide bonds. The van der Waals surface area contributed by atoms with Crippen LogP contribution in [0.3, 0.4) is 0 Å². The maximum Gasteiger partial charge on any atom is 0.323 e. The highest BCUT2D eigenvalue weighted by Crippen LogP contribution is 2.22. The lowest BCUT2D eigenvalue weighted by Crippen LogP contribution is -2.07. The first-order valence-corrected chi connectivity index (χ1v) is 7.51. The first-order valence-electron chi connectivity index (χ1n) is 6.71. The fourth-order valence-corrected chi connectivity index (χ4v) is 2.33. The molecule has 0 radical (unpaired) electrons. The van der Waals surface area contributed by atoms with Crippen LogP contribution >= 0.6 is 15.9 Å². The Balaban J connectivity index is 2.25. The predicted molar refractivity (Wildman–Crippen MR) is 87.3 cm³/mol. The summed E-state index contributed by atoms with van der Waals surface area (Å²) in [6.07, 6.45) is 0.897. The molecule has 7 heteroatoms. The second-order valence-electron chi connectivity index (χ2n) is 4.51. The molecule has 0 bridgehead atoms. The average Bonchev–Trinajstić information content (AvgIpc) is 2.43. The lowest BCUT2D eigenvalue weighted by Gasteiger charge is -2.10. The first kappa shape index (κ1) is 15.5. The van der Waals surface area contributed by atoms with Crippen molar-refractivity contribution in [2.75, 3.05) is 24.3 Å². The Hall–Kier alpha value is -1.89. The molecule has 112 valence electrons. The van der Waals surface area contributed by atoms with Gasteiger partial charge in [-0.25, -0.2) is 0 Å². The smallest absolute Gasteiger partial charge is 0.323 e. The highest BCUT2D eigenvalue weighted by Gasteiger charge is 2.07. The van der Waals surface area contributed by atoms with Gasteiger partial charge in [-0.15, -0.1) is 0 Å². The van der Waals surface area contributed by atoms with Crippen LogP contribution in [0.1, 0.15) is 18.9 Å². The Morgan fingerprint density at radius 3 is 2.57 bits per heavy atom. The Morgan fingerprint density at radius 2 is 1.90 bits per heavy atom. The predicted octanol–water partition coefficient (Wildman–Crippen LogP) is 3.52. The zero-order valence-electron chi connectivity index (χ0n) is 12.3. The minimum atomic E-state index is 0.311. The normalized spacial score (nSPS) is 10.3. The molecule has 1 aromatic heterocycles. The zero-order chi connectivity index (χ0) is 15.2. The van der Waals surface area contributed by atoms with E-state index in [9.17, 15) is 0 Å². The van der Waals surface area contributed by atoms with Gasteiger partial charge in [0.25, 0.3) is 0 Å². The quantitative estimate of drug-likeness (QED) is 0.829. The minimum Gasteiger partial charge on any atom is -0.463 e. The molecule has 21 heavy (non-hydrogen) atoms. The van der Waals surface area contributed by atoms with Gasteiger partial charge in [0.2, 0.25) is 11.9 Å². The number of nitrogens with zero attached hydrogens (tertiary/aromatic N) is 3. The third-order valence-electron chi connectivity index (χ3n) is 2.57. The molecular weight excluding hydrogens is 334 g/mol. The third-order valence-corrected chi connectivity index (χ3v) is 3.03. The molecule has 0 aliphatic carbocycles. The summed E-state index contributed by atoms with van der Waals surface area (Å²) in [6.45, 7) is 4.63. The van der Waals surface area contributed by atoms with E-state index >= 15 is 0 Å². The summed E-state index contributed by atoms with van der Waals surface area (Å²) >= 11 is 3.47. The van der Waals surface area contributed by atoms with Crippen molar-refractivity contribution in [3.05, 3.63) is 28.2 Å². The fourth-order valence-electron chi connectivity index (χ4n) is 1.72. The van der Waals surface area contributed by atoms with Crippen molar-refractivity contribution in [1.29, 1.82) is 0 Å². The first-order chi connectivity index (χ1) is 10.1. The van der Waals surface area contributed by atoms with Gasteiger partial charge in [0, 0.05) is 17.2 Å². The van der Waals surface area contributed by atoms with E-state index in [1.807, 2.05) is 32.0 Å². The van der Waals surface area contributed by atoms with Gasteiger partial charge in [0.15, 0.2) is 0 Å². The number of benzene rings is 1. The van der Waals surface area contributed by atoms with Crippen molar-refractivity contribution in [3.63, 3.8) is 0 Å².